The zero-order valence-corrected chi connectivity index (χ0v) is 12.4. The minimum atomic E-state index is -0.468. The molecule has 0 radical (unpaired) electrons. The molecule has 2 atom stereocenters. The van der Waals surface area contributed by atoms with Crippen molar-refractivity contribution in [3.05, 3.63) is 35.9 Å². The highest BCUT2D eigenvalue weighted by molar-refractivity contribution is 5.75. The van der Waals surface area contributed by atoms with Crippen LogP contribution in [0.25, 0.3) is 0 Å². The molecule has 0 spiro atoms. The Balaban J connectivity index is 1.74. The zero-order chi connectivity index (χ0) is 14.6. The topological polar surface area (TPSA) is 47.6 Å². The van der Waals surface area contributed by atoms with Gasteiger partial charge in [-0.15, -0.1) is 0 Å². The van der Waals surface area contributed by atoms with Gasteiger partial charge in [0, 0.05) is 6.42 Å². The molecule has 1 saturated heterocycles. The van der Waals surface area contributed by atoms with Crippen molar-refractivity contribution in [1.82, 2.24) is 5.32 Å². The van der Waals surface area contributed by atoms with Gasteiger partial charge in [-0.1, -0.05) is 30.3 Å². The van der Waals surface area contributed by atoms with Crippen LogP contribution >= 0.6 is 0 Å². The number of benzene rings is 1. The number of carbonyl (C=O) groups excluding carboxylic acids is 1. The summed E-state index contributed by atoms with van der Waals surface area (Å²) in [7, 11) is 0. The molecule has 1 aromatic rings. The van der Waals surface area contributed by atoms with E-state index in [-0.39, 0.29) is 18.4 Å². The maximum Gasteiger partial charge on any atom is 0.312 e. The number of nitrogens with one attached hydrogen (secondary N) is 1. The minimum Gasteiger partial charge on any atom is -0.446 e. The van der Waals surface area contributed by atoms with Crippen LogP contribution in [0.5, 0.6) is 0 Å². The quantitative estimate of drug-likeness (QED) is 0.860. The number of rotatable bonds is 4. The highest BCUT2D eigenvalue weighted by atomic mass is 16.6. The predicted octanol–water partition coefficient (Wildman–Crippen LogP) is 2.83. The highest BCUT2D eigenvalue weighted by Crippen LogP contribution is 2.21. The third kappa shape index (κ3) is 4.32. The molecule has 0 aromatic heterocycles. The van der Waals surface area contributed by atoms with Gasteiger partial charge in [0.25, 0.3) is 0 Å². The first-order valence-corrected chi connectivity index (χ1v) is 7.08. The molecule has 1 aromatic carbocycles. The van der Waals surface area contributed by atoms with Crippen molar-refractivity contribution in [2.75, 3.05) is 0 Å². The number of hydrogen-bond acceptors (Lipinski definition) is 4. The molecule has 1 heterocycles. The van der Waals surface area contributed by atoms with Crippen molar-refractivity contribution in [3.8, 4) is 0 Å². The first-order chi connectivity index (χ1) is 9.45. The van der Waals surface area contributed by atoms with E-state index in [0.717, 1.165) is 18.4 Å². The molecule has 1 aliphatic rings. The van der Waals surface area contributed by atoms with E-state index in [1.54, 1.807) is 0 Å². The first-order valence-electron chi connectivity index (χ1n) is 7.08. The van der Waals surface area contributed by atoms with Crippen molar-refractivity contribution in [3.63, 3.8) is 0 Å². The normalized spacial score (nSPS) is 22.8. The molecule has 0 aliphatic carbocycles. The molecule has 20 heavy (non-hydrogen) atoms. The van der Waals surface area contributed by atoms with E-state index in [9.17, 15) is 4.79 Å². The molecule has 2 rings (SSSR count). The SMILES string of the molecule is CC(C)(C)C(=O)OC1CC[C@@H](OCc2ccccc2)N1. The summed E-state index contributed by atoms with van der Waals surface area (Å²) in [4.78, 5) is 11.8. The van der Waals surface area contributed by atoms with E-state index in [0.29, 0.717) is 6.61 Å². The van der Waals surface area contributed by atoms with Gasteiger partial charge in [0.2, 0.25) is 0 Å². The number of ether oxygens (including phenoxy) is 2. The van der Waals surface area contributed by atoms with Crippen LogP contribution in [0.2, 0.25) is 0 Å². The van der Waals surface area contributed by atoms with E-state index in [1.165, 1.54) is 0 Å². The molecule has 1 aliphatic heterocycles. The maximum absolute atomic E-state index is 11.8. The van der Waals surface area contributed by atoms with E-state index in [2.05, 4.69) is 5.32 Å². The summed E-state index contributed by atoms with van der Waals surface area (Å²) in [5.41, 5.74) is 0.675. The summed E-state index contributed by atoms with van der Waals surface area (Å²) in [6, 6.07) is 10.0. The van der Waals surface area contributed by atoms with E-state index in [1.807, 2.05) is 51.1 Å². The van der Waals surface area contributed by atoms with Gasteiger partial charge in [0.15, 0.2) is 6.23 Å². The minimum absolute atomic E-state index is 0.0482. The van der Waals surface area contributed by atoms with Gasteiger partial charge in [-0.2, -0.15) is 0 Å². The van der Waals surface area contributed by atoms with Gasteiger partial charge in [-0.05, 0) is 32.8 Å². The van der Waals surface area contributed by atoms with Crippen LogP contribution in [0.1, 0.15) is 39.2 Å². The predicted molar refractivity (Wildman–Crippen MR) is 76.7 cm³/mol. The van der Waals surface area contributed by atoms with Gasteiger partial charge < -0.3 is 9.47 Å². The standard InChI is InChI=1S/C16H23NO3/c1-16(2,3)15(18)20-14-10-9-13(17-14)19-11-12-7-5-4-6-8-12/h4-8,13-14,17H,9-11H2,1-3H3/t13-,14?/m1/s1. The summed E-state index contributed by atoms with van der Waals surface area (Å²) in [5.74, 6) is -0.182. The smallest absolute Gasteiger partial charge is 0.312 e. The zero-order valence-electron chi connectivity index (χ0n) is 12.4. The molecular weight excluding hydrogens is 254 g/mol. The average Bonchev–Trinajstić information content (AvgIpc) is 2.84. The second-order valence-electron chi connectivity index (χ2n) is 6.17. The first kappa shape index (κ1) is 15.0. The third-order valence-corrected chi connectivity index (χ3v) is 3.22. The van der Waals surface area contributed by atoms with Crippen LogP contribution in [-0.4, -0.2) is 18.4 Å². The lowest BCUT2D eigenvalue weighted by atomic mass is 9.97. The summed E-state index contributed by atoms with van der Waals surface area (Å²) >= 11 is 0. The van der Waals surface area contributed by atoms with Crippen LogP contribution in [0, 0.1) is 5.41 Å². The average molecular weight is 277 g/mol. The van der Waals surface area contributed by atoms with Gasteiger partial charge in [0.1, 0.15) is 6.23 Å². The van der Waals surface area contributed by atoms with Gasteiger partial charge in [0.05, 0.1) is 12.0 Å². The second kappa shape index (κ2) is 6.37. The molecule has 0 bridgehead atoms. The fourth-order valence-corrected chi connectivity index (χ4v) is 1.98. The van der Waals surface area contributed by atoms with Crippen LogP contribution in [-0.2, 0) is 20.9 Å². The van der Waals surface area contributed by atoms with E-state index < -0.39 is 5.41 Å². The molecule has 1 unspecified atom stereocenters. The molecule has 0 saturated carbocycles. The number of carbonyl (C=O) groups is 1. The molecule has 4 nitrogen and oxygen atoms in total. The summed E-state index contributed by atoms with van der Waals surface area (Å²) in [5, 5.41) is 3.20. The Bertz CT molecular complexity index is 439. The largest absolute Gasteiger partial charge is 0.446 e. The van der Waals surface area contributed by atoms with Gasteiger partial charge >= 0.3 is 5.97 Å². The van der Waals surface area contributed by atoms with Crippen molar-refractivity contribution in [1.29, 1.82) is 0 Å². The van der Waals surface area contributed by atoms with Crippen molar-refractivity contribution in [2.24, 2.45) is 5.41 Å². The summed E-state index contributed by atoms with van der Waals surface area (Å²) in [6.45, 7) is 6.13. The summed E-state index contributed by atoms with van der Waals surface area (Å²) < 4.78 is 11.2. The van der Waals surface area contributed by atoms with Crippen molar-refractivity contribution < 1.29 is 14.3 Å². The third-order valence-electron chi connectivity index (χ3n) is 3.22. The fraction of sp³-hybridized carbons (Fsp3) is 0.562. The maximum atomic E-state index is 11.8. The van der Waals surface area contributed by atoms with Crippen molar-refractivity contribution >= 4 is 5.97 Å². The van der Waals surface area contributed by atoms with Crippen molar-refractivity contribution in [2.45, 2.75) is 52.7 Å². The molecular formula is C16H23NO3. The lowest BCUT2D eigenvalue weighted by Crippen LogP contribution is -2.37. The molecule has 0 amide bonds. The van der Waals surface area contributed by atoms with Gasteiger partial charge in [-0.25, -0.2) is 0 Å². The monoisotopic (exact) mass is 277 g/mol. The van der Waals surface area contributed by atoms with Crippen LogP contribution in [0.15, 0.2) is 30.3 Å². The number of esters is 1. The van der Waals surface area contributed by atoms with Crippen LogP contribution in [0.3, 0.4) is 0 Å². The van der Waals surface area contributed by atoms with Crippen LogP contribution in [0.4, 0.5) is 0 Å². The second-order valence-corrected chi connectivity index (χ2v) is 6.17. The van der Waals surface area contributed by atoms with Gasteiger partial charge in [-0.3, -0.25) is 10.1 Å². The summed E-state index contributed by atoms with van der Waals surface area (Å²) in [6.07, 6.45) is 1.37. The van der Waals surface area contributed by atoms with E-state index in [4.69, 9.17) is 9.47 Å². The fourth-order valence-electron chi connectivity index (χ4n) is 1.98. The highest BCUT2D eigenvalue weighted by Gasteiger charge is 2.31. The Labute approximate surface area is 120 Å². The molecule has 4 heteroatoms. The Kier molecular flexibility index (Phi) is 4.78. The molecule has 110 valence electrons. The Hall–Kier alpha value is -1.39. The number of hydrogen-bond donors (Lipinski definition) is 1. The van der Waals surface area contributed by atoms with Crippen LogP contribution < -0.4 is 5.32 Å². The molecule has 1 N–H and O–H groups in total. The Morgan fingerprint density at radius 2 is 1.85 bits per heavy atom. The van der Waals surface area contributed by atoms with E-state index >= 15 is 0 Å². The lowest BCUT2D eigenvalue weighted by molar-refractivity contribution is -0.160. The Morgan fingerprint density at radius 1 is 1.20 bits per heavy atom. The molecule has 1 fully saturated rings. The Morgan fingerprint density at radius 3 is 2.50 bits per heavy atom. The lowest BCUT2D eigenvalue weighted by Gasteiger charge is -2.21.